The smallest absolute Gasteiger partial charge is 0.317 e. The molecule has 1 saturated heterocycles. The van der Waals surface area contributed by atoms with Crippen LogP contribution in [0.5, 0.6) is 0 Å². The zero-order valence-corrected chi connectivity index (χ0v) is 14.3. The number of hydrogen-bond acceptors (Lipinski definition) is 2. The molecule has 1 aliphatic heterocycles. The number of nitrogens with zero attached hydrogens (tertiary/aromatic N) is 1. The summed E-state index contributed by atoms with van der Waals surface area (Å²) in [4.78, 5) is 14.0. The van der Waals surface area contributed by atoms with Crippen molar-refractivity contribution in [3.8, 4) is 0 Å². The first-order valence-electron chi connectivity index (χ1n) is 8.54. The Kier molecular flexibility index (Phi) is 6.54. The third-order valence-corrected chi connectivity index (χ3v) is 4.73. The standard InChI is InChI=1S/C18H26F2N2O2/c1-12(3-4-14-5-6-16(19)17(20)11-14)21-18(24)22-9-7-15(8-10-22)13(2)23/h5-6,11-13,15,23H,3-4,7-10H2,1-2H3,(H,21,24). The van der Waals surface area contributed by atoms with Gasteiger partial charge in [-0.3, -0.25) is 0 Å². The lowest BCUT2D eigenvalue weighted by Gasteiger charge is -2.34. The first-order valence-corrected chi connectivity index (χ1v) is 8.54. The summed E-state index contributed by atoms with van der Waals surface area (Å²) in [5.41, 5.74) is 0.716. The minimum atomic E-state index is -0.847. The molecular weight excluding hydrogens is 314 g/mol. The number of rotatable bonds is 5. The molecule has 0 radical (unpaired) electrons. The monoisotopic (exact) mass is 340 g/mol. The number of carbonyl (C=O) groups is 1. The van der Waals surface area contributed by atoms with E-state index in [-0.39, 0.29) is 24.1 Å². The van der Waals surface area contributed by atoms with Crippen molar-refractivity contribution in [1.82, 2.24) is 10.2 Å². The number of aryl methyl sites for hydroxylation is 1. The third kappa shape index (κ3) is 5.16. The predicted octanol–water partition coefficient (Wildman–Crippen LogP) is 3.09. The lowest BCUT2D eigenvalue weighted by Crippen LogP contribution is -2.48. The van der Waals surface area contributed by atoms with Gasteiger partial charge in [0, 0.05) is 19.1 Å². The number of amides is 2. The Labute approximate surface area is 141 Å². The summed E-state index contributed by atoms with van der Waals surface area (Å²) in [6, 6.07) is 3.73. The van der Waals surface area contributed by atoms with Crippen LogP contribution in [0.3, 0.4) is 0 Å². The third-order valence-electron chi connectivity index (χ3n) is 4.73. The van der Waals surface area contributed by atoms with Crippen LogP contribution in [0.15, 0.2) is 18.2 Å². The predicted molar refractivity (Wildman–Crippen MR) is 88.7 cm³/mol. The molecule has 2 amide bonds. The Morgan fingerprint density at radius 3 is 2.54 bits per heavy atom. The van der Waals surface area contributed by atoms with E-state index in [1.807, 2.05) is 6.92 Å². The van der Waals surface area contributed by atoms with Gasteiger partial charge in [-0.1, -0.05) is 6.07 Å². The number of likely N-dealkylation sites (tertiary alicyclic amines) is 1. The molecule has 1 aromatic rings. The van der Waals surface area contributed by atoms with Gasteiger partial charge >= 0.3 is 6.03 Å². The van der Waals surface area contributed by atoms with E-state index in [0.29, 0.717) is 31.5 Å². The molecular formula is C18H26F2N2O2. The van der Waals surface area contributed by atoms with Crippen LogP contribution in [0, 0.1) is 17.6 Å². The summed E-state index contributed by atoms with van der Waals surface area (Å²) < 4.78 is 26.1. The van der Waals surface area contributed by atoms with Gasteiger partial charge in [-0.25, -0.2) is 13.6 Å². The molecule has 2 rings (SSSR count). The van der Waals surface area contributed by atoms with Gasteiger partial charge in [0.1, 0.15) is 0 Å². The number of aliphatic hydroxyl groups is 1. The molecule has 0 bridgehead atoms. The number of carbonyl (C=O) groups excluding carboxylic acids is 1. The highest BCUT2D eigenvalue weighted by Gasteiger charge is 2.25. The minimum absolute atomic E-state index is 0.0555. The Morgan fingerprint density at radius 2 is 1.96 bits per heavy atom. The molecule has 4 nitrogen and oxygen atoms in total. The lowest BCUT2D eigenvalue weighted by molar-refractivity contribution is 0.0793. The van der Waals surface area contributed by atoms with Crippen LogP contribution in [0.4, 0.5) is 13.6 Å². The molecule has 2 unspecified atom stereocenters. The van der Waals surface area contributed by atoms with Crippen LogP contribution in [0.1, 0.15) is 38.7 Å². The van der Waals surface area contributed by atoms with Crippen LogP contribution >= 0.6 is 0 Å². The number of nitrogens with one attached hydrogen (secondary N) is 1. The maximum Gasteiger partial charge on any atom is 0.317 e. The second-order valence-electron chi connectivity index (χ2n) is 6.70. The van der Waals surface area contributed by atoms with Crippen molar-refractivity contribution < 1.29 is 18.7 Å². The Hall–Kier alpha value is -1.69. The highest BCUT2D eigenvalue weighted by molar-refractivity contribution is 5.74. The van der Waals surface area contributed by atoms with Crippen molar-refractivity contribution in [1.29, 1.82) is 0 Å². The van der Waals surface area contributed by atoms with Gasteiger partial charge in [0.15, 0.2) is 11.6 Å². The van der Waals surface area contributed by atoms with Crippen molar-refractivity contribution in [3.63, 3.8) is 0 Å². The zero-order valence-electron chi connectivity index (χ0n) is 14.3. The first kappa shape index (κ1) is 18.6. The molecule has 6 heteroatoms. The highest BCUT2D eigenvalue weighted by atomic mass is 19.2. The van der Waals surface area contributed by atoms with Crippen molar-refractivity contribution >= 4 is 6.03 Å². The maximum atomic E-state index is 13.2. The second-order valence-corrected chi connectivity index (χ2v) is 6.70. The van der Waals surface area contributed by atoms with Crippen molar-refractivity contribution in [2.24, 2.45) is 5.92 Å². The van der Waals surface area contributed by atoms with E-state index in [1.165, 1.54) is 6.07 Å². The summed E-state index contributed by atoms with van der Waals surface area (Å²) in [6.45, 7) is 5.00. The fourth-order valence-corrected chi connectivity index (χ4v) is 3.04. The second kappa shape index (κ2) is 8.42. The average molecular weight is 340 g/mol. The van der Waals surface area contributed by atoms with Crippen LogP contribution in [-0.2, 0) is 6.42 Å². The Balaban J connectivity index is 1.74. The van der Waals surface area contributed by atoms with E-state index in [0.717, 1.165) is 18.9 Å². The number of hydrogen-bond donors (Lipinski definition) is 2. The molecule has 0 saturated carbocycles. The summed E-state index contributed by atoms with van der Waals surface area (Å²) >= 11 is 0. The van der Waals surface area contributed by atoms with Gasteiger partial charge < -0.3 is 15.3 Å². The van der Waals surface area contributed by atoms with E-state index in [9.17, 15) is 18.7 Å². The average Bonchev–Trinajstić information content (AvgIpc) is 2.56. The first-order chi connectivity index (χ1) is 11.4. The molecule has 2 N–H and O–H groups in total. The normalized spacial score (nSPS) is 18.3. The highest BCUT2D eigenvalue weighted by Crippen LogP contribution is 2.20. The van der Waals surface area contributed by atoms with Crippen LogP contribution in [0.2, 0.25) is 0 Å². The van der Waals surface area contributed by atoms with E-state index >= 15 is 0 Å². The van der Waals surface area contributed by atoms with E-state index in [2.05, 4.69) is 5.32 Å². The molecule has 1 fully saturated rings. The van der Waals surface area contributed by atoms with Crippen molar-refractivity contribution in [2.45, 2.75) is 51.7 Å². The number of halogens is 2. The Bertz CT molecular complexity index is 558. The van der Waals surface area contributed by atoms with Gasteiger partial charge in [-0.15, -0.1) is 0 Å². The van der Waals surface area contributed by atoms with Gasteiger partial charge in [0.25, 0.3) is 0 Å². The number of piperidine rings is 1. The molecule has 1 heterocycles. The van der Waals surface area contributed by atoms with Gasteiger partial charge in [-0.2, -0.15) is 0 Å². The largest absolute Gasteiger partial charge is 0.393 e. The molecule has 134 valence electrons. The summed E-state index contributed by atoms with van der Waals surface area (Å²) in [6.07, 6.45) is 2.53. The summed E-state index contributed by atoms with van der Waals surface area (Å²) in [7, 11) is 0. The fourth-order valence-electron chi connectivity index (χ4n) is 3.04. The molecule has 24 heavy (non-hydrogen) atoms. The van der Waals surface area contributed by atoms with Crippen molar-refractivity contribution in [3.05, 3.63) is 35.4 Å². The zero-order chi connectivity index (χ0) is 17.7. The molecule has 1 aromatic carbocycles. The van der Waals surface area contributed by atoms with Crippen LogP contribution in [0.25, 0.3) is 0 Å². The van der Waals surface area contributed by atoms with Gasteiger partial charge in [0.2, 0.25) is 0 Å². The lowest BCUT2D eigenvalue weighted by atomic mass is 9.92. The maximum absolute atomic E-state index is 13.2. The quantitative estimate of drug-likeness (QED) is 0.865. The van der Waals surface area contributed by atoms with E-state index in [4.69, 9.17) is 0 Å². The van der Waals surface area contributed by atoms with Crippen LogP contribution < -0.4 is 5.32 Å². The summed E-state index contributed by atoms with van der Waals surface area (Å²) in [5.74, 6) is -1.43. The molecule has 0 aliphatic carbocycles. The number of urea groups is 1. The van der Waals surface area contributed by atoms with Gasteiger partial charge in [-0.05, 0) is 63.1 Å². The van der Waals surface area contributed by atoms with E-state index in [1.54, 1.807) is 17.9 Å². The summed E-state index contributed by atoms with van der Waals surface area (Å²) in [5, 5.41) is 12.5. The number of benzene rings is 1. The molecule has 2 atom stereocenters. The van der Waals surface area contributed by atoms with Crippen LogP contribution in [-0.4, -0.2) is 41.3 Å². The molecule has 0 spiro atoms. The number of aliphatic hydroxyl groups excluding tert-OH is 1. The molecule has 0 aromatic heterocycles. The topological polar surface area (TPSA) is 52.6 Å². The Morgan fingerprint density at radius 1 is 1.29 bits per heavy atom. The van der Waals surface area contributed by atoms with Crippen molar-refractivity contribution in [2.75, 3.05) is 13.1 Å². The minimum Gasteiger partial charge on any atom is -0.393 e. The molecule has 1 aliphatic rings. The van der Waals surface area contributed by atoms with E-state index < -0.39 is 11.6 Å². The SMILES string of the molecule is CC(CCc1ccc(F)c(F)c1)NC(=O)N1CCC(C(C)O)CC1. The van der Waals surface area contributed by atoms with Gasteiger partial charge in [0.05, 0.1) is 6.10 Å². The fraction of sp³-hybridized carbons (Fsp3) is 0.611.